The Bertz CT molecular complexity index is 521. The van der Waals surface area contributed by atoms with Crippen molar-refractivity contribution in [3.8, 4) is 0 Å². The minimum Gasteiger partial charge on any atom is -0.467 e. The summed E-state index contributed by atoms with van der Waals surface area (Å²) in [5, 5.41) is 2.61. The molecule has 0 aliphatic rings. The SMILES string of the molecule is CCCC(C)(NC(=O)c1ccc(Br)c(F)c1)C(=O)OC. The van der Waals surface area contributed by atoms with Crippen LogP contribution in [0.4, 0.5) is 4.39 Å². The van der Waals surface area contributed by atoms with Gasteiger partial charge in [0.25, 0.3) is 5.91 Å². The zero-order valence-electron chi connectivity index (χ0n) is 11.6. The van der Waals surface area contributed by atoms with Crippen LogP contribution in [0.15, 0.2) is 22.7 Å². The third-order valence-electron chi connectivity index (χ3n) is 2.96. The van der Waals surface area contributed by atoms with E-state index in [-0.39, 0.29) is 10.0 Å². The van der Waals surface area contributed by atoms with Gasteiger partial charge in [-0.3, -0.25) is 4.79 Å². The number of methoxy groups -OCH3 is 1. The van der Waals surface area contributed by atoms with Crippen molar-refractivity contribution in [2.45, 2.75) is 32.2 Å². The summed E-state index contributed by atoms with van der Waals surface area (Å²) < 4.78 is 18.4. The Morgan fingerprint density at radius 3 is 2.60 bits per heavy atom. The number of rotatable bonds is 5. The first-order valence-corrected chi connectivity index (χ1v) is 6.99. The predicted molar refractivity (Wildman–Crippen MR) is 76.9 cm³/mol. The Morgan fingerprint density at radius 2 is 2.10 bits per heavy atom. The maximum absolute atomic E-state index is 13.4. The van der Waals surface area contributed by atoms with E-state index in [2.05, 4.69) is 21.2 Å². The standard InChI is InChI=1S/C14H17BrFNO3/c1-4-7-14(2,13(19)20-3)17-12(18)9-5-6-10(15)11(16)8-9/h5-6,8H,4,7H2,1-3H3,(H,17,18). The summed E-state index contributed by atoms with van der Waals surface area (Å²) in [6, 6.07) is 4.04. The van der Waals surface area contributed by atoms with E-state index in [1.54, 1.807) is 6.92 Å². The molecule has 0 saturated heterocycles. The fourth-order valence-electron chi connectivity index (χ4n) is 1.90. The van der Waals surface area contributed by atoms with Crippen molar-refractivity contribution in [3.63, 3.8) is 0 Å². The van der Waals surface area contributed by atoms with Crippen LogP contribution in [0, 0.1) is 5.82 Å². The minimum atomic E-state index is -1.12. The molecule has 0 heterocycles. The van der Waals surface area contributed by atoms with Crippen LogP contribution in [0.2, 0.25) is 0 Å². The van der Waals surface area contributed by atoms with Crippen molar-refractivity contribution in [3.05, 3.63) is 34.1 Å². The lowest BCUT2D eigenvalue weighted by Gasteiger charge is -2.27. The first-order chi connectivity index (χ1) is 9.34. The summed E-state index contributed by atoms with van der Waals surface area (Å²) in [6.45, 7) is 3.49. The highest BCUT2D eigenvalue weighted by Gasteiger charge is 2.35. The third kappa shape index (κ3) is 3.79. The molecule has 110 valence electrons. The molecule has 0 fully saturated rings. The van der Waals surface area contributed by atoms with E-state index in [1.165, 1.54) is 19.2 Å². The summed E-state index contributed by atoms with van der Waals surface area (Å²) >= 11 is 3.02. The predicted octanol–water partition coefficient (Wildman–Crippen LogP) is 3.05. The Hall–Kier alpha value is -1.43. The number of esters is 1. The first kappa shape index (κ1) is 16.6. The molecular weight excluding hydrogens is 329 g/mol. The van der Waals surface area contributed by atoms with Crippen LogP contribution in [0.1, 0.15) is 37.0 Å². The average Bonchev–Trinajstić information content (AvgIpc) is 2.40. The highest BCUT2D eigenvalue weighted by Crippen LogP contribution is 2.19. The van der Waals surface area contributed by atoms with Crippen molar-refractivity contribution in [2.75, 3.05) is 7.11 Å². The maximum atomic E-state index is 13.4. The summed E-state index contributed by atoms with van der Waals surface area (Å²) in [5.41, 5.74) is -0.971. The highest BCUT2D eigenvalue weighted by molar-refractivity contribution is 9.10. The van der Waals surface area contributed by atoms with Gasteiger partial charge in [0.05, 0.1) is 11.6 Å². The molecule has 4 nitrogen and oxygen atoms in total. The van der Waals surface area contributed by atoms with Gasteiger partial charge >= 0.3 is 5.97 Å². The van der Waals surface area contributed by atoms with E-state index >= 15 is 0 Å². The molecule has 6 heteroatoms. The smallest absolute Gasteiger partial charge is 0.331 e. The van der Waals surface area contributed by atoms with Gasteiger partial charge in [-0.05, 0) is 47.5 Å². The fourth-order valence-corrected chi connectivity index (χ4v) is 2.15. The molecule has 0 saturated carbocycles. The molecular formula is C14H17BrFNO3. The number of hydrogen-bond donors (Lipinski definition) is 1. The second kappa shape index (κ2) is 6.83. The van der Waals surface area contributed by atoms with Crippen LogP contribution < -0.4 is 5.32 Å². The molecule has 1 atom stereocenters. The largest absolute Gasteiger partial charge is 0.467 e. The minimum absolute atomic E-state index is 0.150. The van der Waals surface area contributed by atoms with Crippen LogP contribution in [-0.4, -0.2) is 24.5 Å². The van der Waals surface area contributed by atoms with E-state index in [0.29, 0.717) is 12.8 Å². The Morgan fingerprint density at radius 1 is 1.45 bits per heavy atom. The molecule has 0 spiro atoms. The quantitative estimate of drug-likeness (QED) is 0.834. The molecule has 20 heavy (non-hydrogen) atoms. The second-order valence-corrected chi connectivity index (χ2v) is 5.51. The van der Waals surface area contributed by atoms with E-state index in [9.17, 15) is 14.0 Å². The number of halogens is 2. The van der Waals surface area contributed by atoms with E-state index < -0.39 is 23.2 Å². The van der Waals surface area contributed by atoms with E-state index in [1.807, 2.05) is 6.92 Å². The Kier molecular flexibility index (Phi) is 5.68. The van der Waals surface area contributed by atoms with Gasteiger partial charge in [0.15, 0.2) is 0 Å². The number of carbonyl (C=O) groups is 2. The molecule has 1 aromatic rings. The van der Waals surface area contributed by atoms with Gasteiger partial charge in [0.2, 0.25) is 0 Å². The van der Waals surface area contributed by atoms with Crippen LogP contribution in [0.5, 0.6) is 0 Å². The molecule has 0 aliphatic carbocycles. The molecule has 0 aromatic heterocycles. The lowest BCUT2D eigenvalue weighted by molar-refractivity contribution is -0.147. The number of carbonyl (C=O) groups excluding carboxylic acids is 2. The fraction of sp³-hybridized carbons (Fsp3) is 0.429. The van der Waals surface area contributed by atoms with E-state index in [0.717, 1.165) is 6.07 Å². The van der Waals surface area contributed by atoms with Crippen molar-refractivity contribution in [1.29, 1.82) is 0 Å². The van der Waals surface area contributed by atoms with Gasteiger partial charge in [-0.25, -0.2) is 9.18 Å². The third-order valence-corrected chi connectivity index (χ3v) is 3.60. The Balaban J connectivity index is 2.96. The van der Waals surface area contributed by atoms with E-state index in [4.69, 9.17) is 4.74 Å². The first-order valence-electron chi connectivity index (χ1n) is 6.20. The van der Waals surface area contributed by atoms with Gasteiger partial charge in [-0.15, -0.1) is 0 Å². The van der Waals surface area contributed by atoms with Gasteiger partial charge in [-0.2, -0.15) is 0 Å². The topological polar surface area (TPSA) is 55.4 Å². The maximum Gasteiger partial charge on any atom is 0.331 e. The number of benzene rings is 1. The van der Waals surface area contributed by atoms with Gasteiger partial charge in [-0.1, -0.05) is 13.3 Å². The molecule has 1 aromatic carbocycles. The number of ether oxygens (including phenoxy) is 1. The summed E-state index contributed by atoms with van der Waals surface area (Å²) in [4.78, 5) is 23.9. The zero-order chi connectivity index (χ0) is 15.3. The van der Waals surface area contributed by atoms with Gasteiger partial charge in [0, 0.05) is 5.56 Å². The lowest BCUT2D eigenvalue weighted by Crippen LogP contribution is -2.52. The van der Waals surface area contributed by atoms with Crippen LogP contribution in [0.25, 0.3) is 0 Å². The molecule has 1 unspecified atom stereocenters. The van der Waals surface area contributed by atoms with Crippen molar-refractivity contribution in [1.82, 2.24) is 5.32 Å². The summed E-state index contributed by atoms with van der Waals surface area (Å²) in [6.07, 6.45) is 1.13. The molecule has 0 aliphatic heterocycles. The van der Waals surface area contributed by atoms with Crippen LogP contribution >= 0.6 is 15.9 Å². The summed E-state index contributed by atoms with van der Waals surface area (Å²) in [7, 11) is 1.27. The van der Waals surface area contributed by atoms with Crippen molar-refractivity contribution >= 4 is 27.8 Å². The monoisotopic (exact) mass is 345 g/mol. The normalized spacial score (nSPS) is 13.4. The Labute approximate surface area is 125 Å². The average molecular weight is 346 g/mol. The van der Waals surface area contributed by atoms with Crippen LogP contribution in [0.3, 0.4) is 0 Å². The second-order valence-electron chi connectivity index (χ2n) is 4.66. The molecule has 1 amide bonds. The molecule has 0 radical (unpaired) electrons. The lowest BCUT2D eigenvalue weighted by atomic mass is 9.95. The molecule has 0 bridgehead atoms. The van der Waals surface area contributed by atoms with Gasteiger partial charge < -0.3 is 10.1 Å². The number of amides is 1. The van der Waals surface area contributed by atoms with Gasteiger partial charge in [0.1, 0.15) is 11.4 Å². The van der Waals surface area contributed by atoms with Crippen molar-refractivity contribution in [2.24, 2.45) is 0 Å². The summed E-state index contributed by atoms with van der Waals surface area (Å²) in [5.74, 6) is -1.57. The van der Waals surface area contributed by atoms with Crippen LogP contribution in [-0.2, 0) is 9.53 Å². The zero-order valence-corrected chi connectivity index (χ0v) is 13.2. The number of nitrogens with one attached hydrogen (secondary N) is 1. The molecule has 1 rings (SSSR count). The molecule has 1 N–H and O–H groups in total. The number of hydrogen-bond acceptors (Lipinski definition) is 3. The highest BCUT2D eigenvalue weighted by atomic mass is 79.9. The van der Waals surface area contributed by atoms with Crippen molar-refractivity contribution < 1.29 is 18.7 Å².